The lowest BCUT2D eigenvalue weighted by molar-refractivity contribution is -0.143. The molecular weight excluding hydrogens is 464 g/mol. The van der Waals surface area contributed by atoms with Crippen molar-refractivity contribution in [2.75, 3.05) is 7.05 Å². The van der Waals surface area contributed by atoms with Gasteiger partial charge in [0.1, 0.15) is 0 Å². The fourth-order valence-corrected chi connectivity index (χ4v) is 3.63. The monoisotopic (exact) mass is 483 g/mol. The van der Waals surface area contributed by atoms with Crippen LogP contribution in [0.1, 0.15) is 33.5 Å². The molecule has 1 atom stereocenters. The molecule has 0 bridgehead atoms. The van der Waals surface area contributed by atoms with Crippen LogP contribution in [-0.2, 0) is 23.6 Å². The van der Waals surface area contributed by atoms with Gasteiger partial charge in [-0.05, 0) is 41.0 Å². The minimum Gasteiger partial charge on any atom is -0.481 e. The molecule has 0 radical (unpaired) electrons. The number of carbonyl (C=O) groups is 2. The minimum atomic E-state index is -5.11. The van der Waals surface area contributed by atoms with Gasteiger partial charge in [0.25, 0.3) is 5.91 Å². The first-order chi connectivity index (χ1) is 15.8. The lowest BCUT2D eigenvalue weighted by Crippen LogP contribution is -2.40. The summed E-state index contributed by atoms with van der Waals surface area (Å²) in [4.78, 5) is 25.2. The third-order valence-corrected chi connectivity index (χ3v) is 5.40. The van der Waals surface area contributed by atoms with Crippen LogP contribution < -0.4 is 0 Å². The standard InChI is InChI=1S/C24H19F6NO3/c1-31(22(34)17-10-18(23(25,26)27)12-19(11-17)24(28,29)30)20(13-21(32)33)9-14-6-7-15-4-2-3-5-16(15)8-14/h2-8,10-12,20H,9,13H2,1H3,(H,32,33). The fourth-order valence-electron chi connectivity index (χ4n) is 3.63. The Labute approximate surface area is 190 Å². The van der Waals surface area contributed by atoms with Gasteiger partial charge in [-0.3, -0.25) is 9.59 Å². The molecule has 1 unspecified atom stereocenters. The largest absolute Gasteiger partial charge is 0.481 e. The van der Waals surface area contributed by atoms with Gasteiger partial charge in [0, 0.05) is 18.7 Å². The van der Waals surface area contributed by atoms with Crippen molar-refractivity contribution in [1.29, 1.82) is 0 Å². The molecule has 0 aliphatic heterocycles. The van der Waals surface area contributed by atoms with Gasteiger partial charge in [-0.2, -0.15) is 26.3 Å². The van der Waals surface area contributed by atoms with Crippen LogP contribution in [0, 0.1) is 0 Å². The number of fused-ring (bicyclic) bond motifs is 1. The number of rotatable bonds is 6. The van der Waals surface area contributed by atoms with Gasteiger partial charge in [0.15, 0.2) is 0 Å². The molecule has 0 heterocycles. The molecule has 10 heteroatoms. The second kappa shape index (κ2) is 9.36. The summed E-state index contributed by atoms with van der Waals surface area (Å²) in [5.74, 6) is -2.42. The molecule has 1 N–H and O–H groups in total. The van der Waals surface area contributed by atoms with Crippen molar-refractivity contribution in [2.24, 2.45) is 0 Å². The van der Waals surface area contributed by atoms with Crippen LogP contribution in [0.15, 0.2) is 60.7 Å². The van der Waals surface area contributed by atoms with Crippen molar-refractivity contribution < 1.29 is 41.0 Å². The van der Waals surface area contributed by atoms with E-state index in [0.29, 0.717) is 17.7 Å². The van der Waals surface area contributed by atoms with Gasteiger partial charge >= 0.3 is 18.3 Å². The molecule has 0 saturated carbocycles. The van der Waals surface area contributed by atoms with Crippen LogP contribution in [0.3, 0.4) is 0 Å². The number of halogens is 6. The third-order valence-electron chi connectivity index (χ3n) is 5.40. The summed E-state index contributed by atoms with van der Waals surface area (Å²) in [7, 11) is 1.16. The fraction of sp³-hybridized carbons (Fsp3) is 0.250. The number of carboxylic acid groups (broad SMARTS) is 1. The zero-order chi connectivity index (χ0) is 25.3. The molecule has 0 aliphatic rings. The first kappa shape index (κ1) is 25.1. The van der Waals surface area contributed by atoms with Crippen LogP contribution in [0.4, 0.5) is 26.3 Å². The Morgan fingerprint density at radius 1 is 0.853 bits per heavy atom. The van der Waals surface area contributed by atoms with Gasteiger partial charge in [-0.25, -0.2) is 0 Å². The first-order valence-electron chi connectivity index (χ1n) is 10.0. The summed E-state index contributed by atoms with van der Waals surface area (Å²) in [5, 5.41) is 11.1. The number of carboxylic acids is 1. The number of benzene rings is 3. The number of nitrogens with zero attached hydrogens (tertiary/aromatic N) is 1. The van der Waals surface area contributed by atoms with Gasteiger partial charge in [-0.15, -0.1) is 0 Å². The SMILES string of the molecule is CN(C(=O)c1cc(C(F)(F)F)cc(C(F)(F)F)c1)C(CC(=O)O)Cc1ccc2ccccc2c1. The van der Waals surface area contributed by atoms with Gasteiger partial charge in [0.2, 0.25) is 0 Å². The lowest BCUT2D eigenvalue weighted by Gasteiger charge is -2.28. The highest BCUT2D eigenvalue weighted by atomic mass is 19.4. The molecule has 4 nitrogen and oxygen atoms in total. The van der Waals surface area contributed by atoms with E-state index < -0.39 is 53.4 Å². The number of amides is 1. The number of hydrogen-bond acceptors (Lipinski definition) is 2. The molecule has 3 aromatic rings. The second-order valence-corrected chi connectivity index (χ2v) is 7.85. The molecule has 0 fully saturated rings. The van der Waals surface area contributed by atoms with E-state index in [1.165, 1.54) is 0 Å². The maximum Gasteiger partial charge on any atom is 0.416 e. The highest BCUT2D eigenvalue weighted by Crippen LogP contribution is 2.36. The maximum absolute atomic E-state index is 13.2. The summed E-state index contributed by atoms with van der Waals surface area (Å²) in [6, 6.07) is 12.2. The van der Waals surface area contributed by atoms with Gasteiger partial charge in [0.05, 0.1) is 17.5 Å². The Hall–Kier alpha value is -3.56. The molecule has 0 saturated heterocycles. The molecular formula is C24H19F6NO3. The Balaban J connectivity index is 1.96. The van der Waals surface area contributed by atoms with Crippen molar-refractivity contribution in [1.82, 2.24) is 4.90 Å². The van der Waals surface area contributed by atoms with Crippen LogP contribution in [0.25, 0.3) is 10.8 Å². The average Bonchev–Trinajstić information content (AvgIpc) is 2.75. The molecule has 3 rings (SSSR count). The molecule has 3 aromatic carbocycles. The van der Waals surface area contributed by atoms with E-state index in [4.69, 9.17) is 0 Å². The summed E-state index contributed by atoms with van der Waals surface area (Å²) < 4.78 is 79.1. The topological polar surface area (TPSA) is 57.6 Å². The predicted molar refractivity (Wildman–Crippen MR) is 112 cm³/mol. The van der Waals surface area contributed by atoms with Crippen molar-refractivity contribution in [2.45, 2.75) is 31.2 Å². The van der Waals surface area contributed by atoms with Gasteiger partial charge < -0.3 is 10.0 Å². The Morgan fingerprint density at radius 3 is 1.94 bits per heavy atom. The van der Waals surface area contributed by atoms with Crippen LogP contribution >= 0.6 is 0 Å². The zero-order valence-corrected chi connectivity index (χ0v) is 17.7. The number of likely N-dealkylation sites (N-methyl/N-ethyl adjacent to an activating group) is 1. The number of hydrogen-bond donors (Lipinski definition) is 1. The van der Waals surface area contributed by atoms with Gasteiger partial charge in [-0.1, -0.05) is 42.5 Å². The van der Waals surface area contributed by atoms with E-state index in [1.807, 2.05) is 24.3 Å². The number of carbonyl (C=O) groups excluding carboxylic acids is 1. The second-order valence-electron chi connectivity index (χ2n) is 7.85. The maximum atomic E-state index is 13.2. The summed E-state index contributed by atoms with van der Waals surface area (Å²) >= 11 is 0. The highest BCUT2D eigenvalue weighted by Gasteiger charge is 2.38. The predicted octanol–water partition coefficient (Wildman–Crippen LogP) is 6.04. The Kier molecular flexibility index (Phi) is 6.90. The zero-order valence-electron chi connectivity index (χ0n) is 17.7. The smallest absolute Gasteiger partial charge is 0.416 e. The number of alkyl halides is 6. The van der Waals surface area contributed by atoms with Crippen molar-refractivity contribution >= 4 is 22.6 Å². The summed E-state index contributed by atoms with van der Waals surface area (Å²) in [6.07, 6.45) is -10.7. The summed E-state index contributed by atoms with van der Waals surface area (Å²) in [6.45, 7) is 0. The molecule has 180 valence electrons. The van der Waals surface area contributed by atoms with Crippen molar-refractivity contribution in [3.8, 4) is 0 Å². The lowest BCUT2D eigenvalue weighted by atomic mass is 9.98. The van der Waals surface area contributed by atoms with E-state index in [-0.39, 0.29) is 12.5 Å². The van der Waals surface area contributed by atoms with E-state index in [1.54, 1.807) is 18.2 Å². The van der Waals surface area contributed by atoms with E-state index in [2.05, 4.69) is 0 Å². The molecule has 0 spiro atoms. The van der Waals surface area contributed by atoms with E-state index in [0.717, 1.165) is 22.7 Å². The normalized spacial score (nSPS) is 13.0. The highest BCUT2D eigenvalue weighted by molar-refractivity contribution is 5.95. The first-order valence-corrected chi connectivity index (χ1v) is 10.0. The minimum absolute atomic E-state index is 0.0322. The third kappa shape index (κ3) is 5.86. The van der Waals surface area contributed by atoms with E-state index in [9.17, 15) is 41.0 Å². The van der Waals surface area contributed by atoms with Crippen molar-refractivity contribution in [3.05, 3.63) is 82.9 Å². The van der Waals surface area contributed by atoms with Crippen molar-refractivity contribution in [3.63, 3.8) is 0 Å². The molecule has 0 aliphatic carbocycles. The van der Waals surface area contributed by atoms with Crippen LogP contribution in [0.5, 0.6) is 0 Å². The Morgan fingerprint density at radius 2 is 1.41 bits per heavy atom. The van der Waals surface area contributed by atoms with E-state index >= 15 is 0 Å². The molecule has 34 heavy (non-hydrogen) atoms. The van der Waals surface area contributed by atoms with Crippen LogP contribution in [-0.4, -0.2) is 35.0 Å². The average molecular weight is 483 g/mol. The molecule has 1 amide bonds. The van der Waals surface area contributed by atoms with Crippen LogP contribution in [0.2, 0.25) is 0 Å². The molecule has 0 aromatic heterocycles. The number of aliphatic carboxylic acids is 1. The summed E-state index contributed by atoms with van der Waals surface area (Å²) in [5.41, 5.74) is -3.42. The quantitative estimate of drug-likeness (QED) is 0.436. The Bertz CT molecular complexity index is 1190.